The number of hydrogen-bond donors (Lipinski definition) is 1. The van der Waals surface area contributed by atoms with Gasteiger partial charge in [-0.05, 0) is 25.5 Å². The average Bonchev–Trinajstić information content (AvgIpc) is 2.01. The molecule has 0 amide bonds. The third kappa shape index (κ3) is 3.42. The Morgan fingerprint density at radius 1 is 1.54 bits per heavy atom. The van der Waals surface area contributed by atoms with Gasteiger partial charge in [0, 0.05) is 18.7 Å². The highest BCUT2D eigenvalue weighted by atomic mass is 16.5. The number of aliphatic hydroxyl groups is 1. The molecule has 0 aromatic carbocycles. The van der Waals surface area contributed by atoms with Crippen molar-refractivity contribution in [2.24, 2.45) is 0 Å². The van der Waals surface area contributed by atoms with E-state index in [0.29, 0.717) is 12.3 Å². The monoisotopic (exact) mass is 181 g/mol. The fourth-order valence-electron chi connectivity index (χ4n) is 1.17. The molecule has 0 saturated heterocycles. The first-order chi connectivity index (χ1) is 6.01. The fourth-order valence-corrected chi connectivity index (χ4v) is 1.17. The third-order valence-corrected chi connectivity index (χ3v) is 1.65. The summed E-state index contributed by atoms with van der Waals surface area (Å²) in [5, 5.41) is 9.57. The quantitative estimate of drug-likeness (QED) is 0.766. The lowest BCUT2D eigenvalue weighted by atomic mass is 10.00. The van der Waals surface area contributed by atoms with Crippen molar-refractivity contribution in [1.82, 2.24) is 4.98 Å². The Hall–Kier alpha value is -1.09. The number of aromatic nitrogens is 1. The molecule has 1 N–H and O–H groups in total. The zero-order chi connectivity index (χ0) is 9.90. The number of hydrogen-bond acceptors (Lipinski definition) is 3. The molecule has 3 heteroatoms. The second-order valence-electron chi connectivity index (χ2n) is 3.70. The Kier molecular flexibility index (Phi) is 2.88. The van der Waals surface area contributed by atoms with Crippen LogP contribution in [0.4, 0.5) is 0 Å². The van der Waals surface area contributed by atoms with Gasteiger partial charge in [0.2, 0.25) is 5.88 Å². The molecule has 0 aliphatic heterocycles. The van der Waals surface area contributed by atoms with Gasteiger partial charge < -0.3 is 9.84 Å². The van der Waals surface area contributed by atoms with Gasteiger partial charge in [-0.1, -0.05) is 0 Å². The standard InChI is InChI=1S/C10H15NO2/c1-10(2,12)7-8-4-5-11-9(6-8)13-3/h4-6,12H,7H2,1-3H3. The first-order valence-electron chi connectivity index (χ1n) is 4.22. The van der Waals surface area contributed by atoms with Crippen molar-refractivity contribution >= 4 is 0 Å². The first kappa shape index (κ1) is 9.99. The normalized spacial score (nSPS) is 11.4. The maximum Gasteiger partial charge on any atom is 0.213 e. The Morgan fingerprint density at radius 3 is 2.77 bits per heavy atom. The maximum absolute atomic E-state index is 9.57. The van der Waals surface area contributed by atoms with Crippen LogP contribution in [0.3, 0.4) is 0 Å². The molecule has 0 atom stereocenters. The first-order valence-corrected chi connectivity index (χ1v) is 4.22. The predicted molar refractivity (Wildman–Crippen MR) is 50.8 cm³/mol. The fraction of sp³-hybridized carbons (Fsp3) is 0.500. The molecule has 0 spiro atoms. The van der Waals surface area contributed by atoms with Crippen molar-refractivity contribution in [3.8, 4) is 5.88 Å². The van der Waals surface area contributed by atoms with Gasteiger partial charge in [0.05, 0.1) is 12.7 Å². The van der Waals surface area contributed by atoms with E-state index < -0.39 is 5.60 Å². The number of nitrogens with zero attached hydrogens (tertiary/aromatic N) is 1. The number of methoxy groups -OCH3 is 1. The van der Waals surface area contributed by atoms with Gasteiger partial charge in [0.15, 0.2) is 0 Å². The topological polar surface area (TPSA) is 42.4 Å². The molecule has 0 aliphatic rings. The van der Waals surface area contributed by atoms with Crippen LogP contribution in [-0.2, 0) is 6.42 Å². The highest BCUT2D eigenvalue weighted by molar-refractivity contribution is 5.21. The predicted octanol–water partition coefficient (Wildman–Crippen LogP) is 1.40. The summed E-state index contributed by atoms with van der Waals surface area (Å²) < 4.78 is 4.98. The minimum absolute atomic E-state index is 0.585. The molecule has 0 radical (unpaired) electrons. The second kappa shape index (κ2) is 3.75. The van der Waals surface area contributed by atoms with Crippen LogP contribution in [-0.4, -0.2) is 22.8 Å². The zero-order valence-electron chi connectivity index (χ0n) is 8.24. The van der Waals surface area contributed by atoms with E-state index in [0.717, 1.165) is 5.56 Å². The van der Waals surface area contributed by atoms with E-state index in [1.165, 1.54) is 0 Å². The summed E-state index contributed by atoms with van der Waals surface area (Å²) in [5.74, 6) is 0.585. The van der Waals surface area contributed by atoms with E-state index >= 15 is 0 Å². The molecule has 13 heavy (non-hydrogen) atoms. The Balaban J connectivity index is 2.78. The molecular weight excluding hydrogens is 166 g/mol. The van der Waals surface area contributed by atoms with E-state index in [1.807, 2.05) is 12.1 Å². The molecule has 0 unspecified atom stereocenters. The van der Waals surface area contributed by atoms with Crippen molar-refractivity contribution in [2.75, 3.05) is 7.11 Å². The number of ether oxygens (including phenoxy) is 1. The van der Waals surface area contributed by atoms with E-state index in [-0.39, 0.29) is 0 Å². The summed E-state index contributed by atoms with van der Waals surface area (Å²) in [6.07, 6.45) is 2.28. The summed E-state index contributed by atoms with van der Waals surface area (Å²) in [7, 11) is 1.58. The summed E-state index contributed by atoms with van der Waals surface area (Å²) in [6.45, 7) is 3.56. The number of pyridine rings is 1. The van der Waals surface area contributed by atoms with Crippen LogP contribution in [0.2, 0.25) is 0 Å². The zero-order valence-corrected chi connectivity index (χ0v) is 8.24. The largest absolute Gasteiger partial charge is 0.481 e. The molecule has 0 aliphatic carbocycles. The van der Waals surface area contributed by atoms with Crippen LogP contribution < -0.4 is 4.74 Å². The highest BCUT2D eigenvalue weighted by Crippen LogP contribution is 2.15. The summed E-state index contributed by atoms with van der Waals surface area (Å²) in [6, 6.07) is 3.71. The second-order valence-corrected chi connectivity index (χ2v) is 3.70. The molecule has 1 aromatic heterocycles. The molecule has 1 heterocycles. The van der Waals surface area contributed by atoms with Gasteiger partial charge in [-0.3, -0.25) is 0 Å². The molecule has 0 saturated carbocycles. The van der Waals surface area contributed by atoms with Gasteiger partial charge >= 0.3 is 0 Å². The molecule has 1 rings (SSSR count). The van der Waals surface area contributed by atoms with Crippen LogP contribution in [0, 0.1) is 0 Å². The van der Waals surface area contributed by atoms with Crippen LogP contribution in [0.15, 0.2) is 18.3 Å². The Labute approximate surface area is 78.4 Å². The molecular formula is C10H15NO2. The van der Waals surface area contributed by atoms with Crippen LogP contribution in [0.25, 0.3) is 0 Å². The van der Waals surface area contributed by atoms with Crippen molar-refractivity contribution in [3.05, 3.63) is 23.9 Å². The lowest BCUT2D eigenvalue weighted by Crippen LogP contribution is -2.21. The third-order valence-electron chi connectivity index (χ3n) is 1.65. The average molecular weight is 181 g/mol. The summed E-state index contributed by atoms with van der Waals surface area (Å²) in [5.41, 5.74) is 0.339. The van der Waals surface area contributed by atoms with E-state index in [9.17, 15) is 5.11 Å². The minimum Gasteiger partial charge on any atom is -0.481 e. The van der Waals surface area contributed by atoms with E-state index in [2.05, 4.69) is 4.98 Å². The van der Waals surface area contributed by atoms with Gasteiger partial charge in [-0.25, -0.2) is 4.98 Å². The lowest BCUT2D eigenvalue weighted by molar-refractivity contribution is 0.0809. The smallest absolute Gasteiger partial charge is 0.213 e. The molecule has 1 aromatic rings. The van der Waals surface area contributed by atoms with Gasteiger partial charge in [0.1, 0.15) is 0 Å². The summed E-state index contributed by atoms with van der Waals surface area (Å²) >= 11 is 0. The van der Waals surface area contributed by atoms with Crippen molar-refractivity contribution in [1.29, 1.82) is 0 Å². The van der Waals surface area contributed by atoms with Crippen LogP contribution >= 0.6 is 0 Å². The van der Waals surface area contributed by atoms with Gasteiger partial charge in [-0.15, -0.1) is 0 Å². The van der Waals surface area contributed by atoms with Crippen molar-refractivity contribution in [2.45, 2.75) is 25.9 Å². The van der Waals surface area contributed by atoms with Crippen molar-refractivity contribution in [3.63, 3.8) is 0 Å². The SMILES string of the molecule is COc1cc(CC(C)(C)O)ccn1. The van der Waals surface area contributed by atoms with E-state index in [4.69, 9.17) is 4.74 Å². The molecule has 72 valence electrons. The molecule has 0 fully saturated rings. The van der Waals surface area contributed by atoms with Crippen LogP contribution in [0.1, 0.15) is 19.4 Å². The number of rotatable bonds is 3. The molecule has 0 bridgehead atoms. The van der Waals surface area contributed by atoms with Crippen molar-refractivity contribution < 1.29 is 9.84 Å². The maximum atomic E-state index is 9.57. The van der Waals surface area contributed by atoms with Gasteiger partial charge in [-0.2, -0.15) is 0 Å². The Bertz CT molecular complexity index is 278. The van der Waals surface area contributed by atoms with E-state index in [1.54, 1.807) is 27.2 Å². The van der Waals surface area contributed by atoms with Crippen LogP contribution in [0.5, 0.6) is 5.88 Å². The van der Waals surface area contributed by atoms with Gasteiger partial charge in [0.25, 0.3) is 0 Å². The minimum atomic E-state index is -0.688. The Morgan fingerprint density at radius 2 is 2.23 bits per heavy atom. The highest BCUT2D eigenvalue weighted by Gasteiger charge is 2.13. The lowest BCUT2D eigenvalue weighted by Gasteiger charge is -2.16. The summed E-state index contributed by atoms with van der Waals surface area (Å²) in [4.78, 5) is 3.98. The molecule has 3 nitrogen and oxygen atoms in total.